The highest BCUT2D eigenvalue weighted by molar-refractivity contribution is 9.10. The SMILES string of the molecule is O=C(OC[C@H]1O[C@@H](n2cnc3c(Br)cccc32)[C@H](OC(=O)c2ccccc2)[C@@H]1OC(=O)c1ccccc1)c1ccccc1. The van der Waals surface area contributed by atoms with Crippen LogP contribution in [0, 0.1) is 0 Å². The number of para-hydroxylation sites is 1. The van der Waals surface area contributed by atoms with Gasteiger partial charge in [-0.15, -0.1) is 0 Å². The molecule has 0 unspecified atom stereocenters. The summed E-state index contributed by atoms with van der Waals surface area (Å²) >= 11 is 3.52. The van der Waals surface area contributed by atoms with Gasteiger partial charge in [0.2, 0.25) is 0 Å². The Bertz CT molecular complexity index is 1740. The molecular weight excluding hydrogens is 616 g/mol. The lowest BCUT2D eigenvalue weighted by Gasteiger charge is -2.25. The van der Waals surface area contributed by atoms with Crippen molar-refractivity contribution in [1.29, 1.82) is 0 Å². The van der Waals surface area contributed by atoms with Crippen molar-refractivity contribution in [2.75, 3.05) is 6.61 Å². The van der Waals surface area contributed by atoms with E-state index in [4.69, 9.17) is 18.9 Å². The number of imidazole rings is 1. The second-order valence-electron chi connectivity index (χ2n) is 9.76. The van der Waals surface area contributed by atoms with Gasteiger partial charge >= 0.3 is 17.9 Å². The van der Waals surface area contributed by atoms with Crippen molar-refractivity contribution in [3.8, 4) is 0 Å². The van der Waals surface area contributed by atoms with Crippen molar-refractivity contribution in [2.24, 2.45) is 0 Å². The van der Waals surface area contributed by atoms with E-state index in [2.05, 4.69) is 20.9 Å². The average Bonchev–Trinajstić information content (AvgIpc) is 3.63. The monoisotopic (exact) mass is 640 g/mol. The van der Waals surface area contributed by atoms with E-state index >= 15 is 0 Å². The fourth-order valence-electron chi connectivity index (χ4n) is 4.91. The van der Waals surface area contributed by atoms with Gasteiger partial charge in [-0.2, -0.15) is 0 Å². The maximum atomic E-state index is 13.4. The molecule has 6 rings (SSSR count). The van der Waals surface area contributed by atoms with E-state index < -0.39 is 42.4 Å². The Morgan fingerprint density at radius 2 is 1.23 bits per heavy atom. The first-order valence-corrected chi connectivity index (χ1v) is 14.3. The second kappa shape index (κ2) is 12.6. The van der Waals surface area contributed by atoms with Crippen LogP contribution in [0.4, 0.5) is 0 Å². The molecule has 9 nitrogen and oxygen atoms in total. The quantitative estimate of drug-likeness (QED) is 0.150. The molecule has 1 aromatic heterocycles. The number of fused-ring (bicyclic) bond motifs is 1. The number of hydrogen-bond donors (Lipinski definition) is 0. The smallest absolute Gasteiger partial charge is 0.338 e. The lowest BCUT2D eigenvalue weighted by molar-refractivity contribution is -0.0604. The normalized spacial score (nSPS) is 19.6. The summed E-state index contributed by atoms with van der Waals surface area (Å²) in [6.45, 7) is -0.271. The molecule has 1 saturated heterocycles. The van der Waals surface area contributed by atoms with E-state index in [-0.39, 0.29) is 6.61 Å². The van der Waals surface area contributed by atoms with Crippen LogP contribution in [0.3, 0.4) is 0 Å². The lowest BCUT2D eigenvalue weighted by Crippen LogP contribution is -2.41. The van der Waals surface area contributed by atoms with Gasteiger partial charge in [0.15, 0.2) is 18.4 Å². The highest BCUT2D eigenvalue weighted by atomic mass is 79.9. The Balaban J connectivity index is 1.37. The molecule has 0 radical (unpaired) electrons. The first-order chi connectivity index (χ1) is 21.0. The van der Waals surface area contributed by atoms with Crippen LogP contribution in [-0.4, -0.2) is 52.4 Å². The van der Waals surface area contributed by atoms with E-state index in [1.54, 1.807) is 102 Å². The molecule has 1 fully saturated rings. The number of halogens is 1. The van der Waals surface area contributed by atoms with Crippen LogP contribution in [-0.2, 0) is 18.9 Å². The standard InChI is InChI=1S/C33H25BrN2O7/c34-24-17-10-18-25-27(24)35-20-36(25)30-29(43-33(39)23-15-8-3-9-16-23)28(42-32(38)22-13-6-2-7-14-22)26(41-30)19-40-31(37)21-11-4-1-5-12-21/h1-18,20,26,28-30H,19H2/t26-,28-,29-,30-/m1/s1. The van der Waals surface area contributed by atoms with Gasteiger partial charge in [0.25, 0.3) is 0 Å². The fourth-order valence-corrected chi connectivity index (χ4v) is 5.36. The Kier molecular flexibility index (Phi) is 8.30. The zero-order chi connectivity index (χ0) is 29.8. The van der Waals surface area contributed by atoms with Gasteiger partial charge < -0.3 is 23.5 Å². The molecule has 0 saturated carbocycles. The Labute approximate surface area is 255 Å². The molecule has 4 aromatic carbocycles. The number of benzene rings is 4. The van der Waals surface area contributed by atoms with Gasteiger partial charge in [-0.3, -0.25) is 0 Å². The van der Waals surface area contributed by atoms with Crippen LogP contribution in [0.5, 0.6) is 0 Å². The summed E-state index contributed by atoms with van der Waals surface area (Å²) in [7, 11) is 0. The highest BCUT2D eigenvalue weighted by Crippen LogP contribution is 2.38. The molecular formula is C33H25BrN2O7. The van der Waals surface area contributed by atoms with Crippen molar-refractivity contribution in [1.82, 2.24) is 9.55 Å². The predicted octanol–water partition coefficient (Wildman–Crippen LogP) is 6.00. The molecule has 4 atom stereocenters. The molecule has 0 spiro atoms. The second-order valence-corrected chi connectivity index (χ2v) is 10.6. The maximum Gasteiger partial charge on any atom is 0.338 e. The van der Waals surface area contributed by atoms with Gasteiger partial charge in [0.1, 0.15) is 18.2 Å². The van der Waals surface area contributed by atoms with E-state index in [0.29, 0.717) is 27.7 Å². The van der Waals surface area contributed by atoms with E-state index in [1.165, 1.54) is 0 Å². The largest absolute Gasteiger partial charge is 0.459 e. The van der Waals surface area contributed by atoms with Crippen LogP contribution in [0.15, 0.2) is 120 Å². The molecule has 0 aliphatic carbocycles. The number of ether oxygens (including phenoxy) is 4. The van der Waals surface area contributed by atoms with Crippen molar-refractivity contribution in [3.63, 3.8) is 0 Å². The predicted molar refractivity (Wildman–Crippen MR) is 159 cm³/mol. The summed E-state index contributed by atoms with van der Waals surface area (Å²) in [5.74, 6) is -1.85. The van der Waals surface area contributed by atoms with E-state index in [9.17, 15) is 14.4 Å². The van der Waals surface area contributed by atoms with Crippen LogP contribution in [0.25, 0.3) is 11.0 Å². The Morgan fingerprint density at radius 1 is 0.698 bits per heavy atom. The number of hydrogen-bond acceptors (Lipinski definition) is 8. The minimum Gasteiger partial charge on any atom is -0.459 e. The molecule has 5 aromatic rings. The van der Waals surface area contributed by atoms with Crippen LogP contribution in [0.2, 0.25) is 0 Å². The summed E-state index contributed by atoms with van der Waals surface area (Å²) in [6, 6.07) is 31.0. The van der Waals surface area contributed by atoms with E-state index in [0.717, 1.165) is 4.47 Å². The van der Waals surface area contributed by atoms with Crippen LogP contribution in [0.1, 0.15) is 37.3 Å². The van der Waals surface area contributed by atoms with Gasteiger partial charge in [-0.25, -0.2) is 19.4 Å². The third kappa shape index (κ3) is 6.06. The van der Waals surface area contributed by atoms with Gasteiger partial charge in [-0.05, 0) is 64.5 Å². The molecule has 216 valence electrons. The Hall–Kier alpha value is -4.80. The number of esters is 3. The summed E-state index contributed by atoms with van der Waals surface area (Å²) in [6.07, 6.45) is -2.65. The van der Waals surface area contributed by atoms with Gasteiger partial charge in [-0.1, -0.05) is 60.7 Å². The highest BCUT2D eigenvalue weighted by Gasteiger charge is 2.51. The fraction of sp³-hybridized carbons (Fsp3) is 0.152. The van der Waals surface area contributed by atoms with Crippen molar-refractivity contribution in [3.05, 3.63) is 137 Å². The summed E-state index contributed by atoms with van der Waals surface area (Å²) in [5, 5.41) is 0. The summed E-state index contributed by atoms with van der Waals surface area (Å²) in [4.78, 5) is 44.0. The zero-order valence-corrected chi connectivity index (χ0v) is 24.2. The number of aromatic nitrogens is 2. The first-order valence-electron chi connectivity index (χ1n) is 13.5. The minimum absolute atomic E-state index is 0.271. The maximum absolute atomic E-state index is 13.4. The van der Waals surface area contributed by atoms with Crippen molar-refractivity contribution >= 4 is 44.9 Å². The molecule has 10 heteroatoms. The molecule has 1 aliphatic rings. The lowest BCUT2D eigenvalue weighted by atomic mass is 10.1. The third-order valence-electron chi connectivity index (χ3n) is 7.01. The number of carbonyl (C=O) groups excluding carboxylic acids is 3. The number of rotatable bonds is 8. The summed E-state index contributed by atoms with van der Waals surface area (Å²) in [5.41, 5.74) is 2.32. The Morgan fingerprint density at radius 3 is 1.81 bits per heavy atom. The van der Waals surface area contributed by atoms with Gasteiger partial charge in [0.05, 0.1) is 28.5 Å². The summed E-state index contributed by atoms with van der Waals surface area (Å²) < 4.78 is 26.5. The molecule has 1 aliphatic heterocycles. The van der Waals surface area contributed by atoms with Gasteiger partial charge in [0, 0.05) is 4.47 Å². The topological polar surface area (TPSA) is 106 Å². The molecule has 2 heterocycles. The minimum atomic E-state index is -1.14. The molecule has 0 amide bonds. The molecule has 0 bridgehead atoms. The molecule has 43 heavy (non-hydrogen) atoms. The van der Waals surface area contributed by atoms with E-state index in [1.807, 2.05) is 18.2 Å². The van der Waals surface area contributed by atoms with Crippen molar-refractivity contribution in [2.45, 2.75) is 24.5 Å². The molecule has 0 N–H and O–H groups in total. The number of carbonyl (C=O) groups is 3. The average molecular weight is 641 g/mol. The van der Waals surface area contributed by atoms with Crippen LogP contribution >= 0.6 is 15.9 Å². The van der Waals surface area contributed by atoms with Crippen LogP contribution < -0.4 is 0 Å². The third-order valence-corrected chi connectivity index (χ3v) is 7.65. The number of nitrogens with zero attached hydrogens (tertiary/aromatic N) is 2. The zero-order valence-electron chi connectivity index (χ0n) is 22.6. The first kappa shape index (κ1) is 28.3. The van der Waals surface area contributed by atoms with Crippen molar-refractivity contribution < 1.29 is 33.3 Å².